The van der Waals surface area contributed by atoms with Crippen molar-refractivity contribution in [1.29, 1.82) is 0 Å². The van der Waals surface area contributed by atoms with Gasteiger partial charge in [0.15, 0.2) is 0 Å². The Labute approximate surface area is 103 Å². The molecule has 0 N–H and O–H groups in total. The van der Waals surface area contributed by atoms with Crippen molar-refractivity contribution in [2.75, 3.05) is 0 Å². The monoisotopic (exact) mass is 401 g/mol. The molecule has 0 aliphatic heterocycles. The van der Waals surface area contributed by atoms with Gasteiger partial charge in [0.25, 0.3) is 6.43 Å². The highest BCUT2D eigenvalue weighted by molar-refractivity contribution is 14.1. The summed E-state index contributed by atoms with van der Waals surface area (Å²) in [4.78, 5) is 3.43. The Balaban J connectivity index is 3.48. The second-order valence-electron chi connectivity index (χ2n) is 2.50. The zero-order valence-electron chi connectivity index (χ0n) is 6.75. The van der Waals surface area contributed by atoms with Gasteiger partial charge in [0.1, 0.15) is 8.30 Å². The van der Waals surface area contributed by atoms with Crippen LogP contribution in [0, 0.1) is 3.70 Å². The molecular formula is C7H2BrF5IN. The van der Waals surface area contributed by atoms with Crippen molar-refractivity contribution in [2.45, 2.75) is 12.6 Å². The minimum Gasteiger partial charge on any atom is -0.234 e. The van der Waals surface area contributed by atoms with Gasteiger partial charge in [-0.1, -0.05) is 0 Å². The summed E-state index contributed by atoms with van der Waals surface area (Å²) in [6.07, 6.45) is -8.01. The van der Waals surface area contributed by atoms with Crippen molar-refractivity contribution in [2.24, 2.45) is 0 Å². The standard InChI is InChI=1S/C7H2BrF5IN/c8-3-1-2(5(9)10)4(6(14)15-3)7(11,12)13/h1,5H. The summed E-state index contributed by atoms with van der Waals surface area (Å²) < 4.78 is 61.4. The molecule has 1 nitrogen and oxygen atoms in total. The average Bonchev–Trinajstić information content (AvgIpc) is 1.99. The lowest BCUT2D eigenvalue weighted by molar-refractivity contribution is -0.140. The highest BCUT2D eigenvalue weighted by Crippen LogP contribution is 2.39. The molecule has 0 unspecified atom stereocenters. The van der Waals surface area contributed by atoms with Gasteiger partial charge in [-0.3, -0.25) is 0 Å². The summed E-state index contributed by atoms with van der Waals surface area (Å²) in [6, 6.07) is 0.676. The lowest BCUT2D eigenvalue weighted by Crippen LogP contribution is -2.13. The number of rotatable bonds is 1. The number of nitrogens with zero attached hydrogens (tertiary/aromatic N) is 1. The Morgan fingerprint density at radius 3 is 2.27 bits per heavy atom. The van der Waals surface area contributed by atoms with E-state index in [1.165, 1.54) is 22.6 Å². The van der Waals surface area contributed by atoms with Crippen molar-refractivity contribution in [3.8, 4) is 0 Å². The van der Waals surface area contributed by atoms with Crippen molar-refractivity contribution in [3.05, 3.63) is 25.5 Å². The first kappa shape index (κ1) is 13.1. The minimum absolute atomic E-state index is 0.0461. The molecule has 8 heteroatoms. The summed E-state index contributed by atoms with van der Waals surface area (Å²) in [5, 5.41) is 0. The number of aromatic nitrogens is 1. The Kier molecular flexibility index (Phi) is 3.90. The van der Waals surface area contributed by atoms with E-state index in [1.54, 1.807) is 0 Å². The van der Waals surface area contributed by atoms with Crippen molar-refractivity contribution in [1.82, 2.24) is 4.98 Å². The molecular weight excluding hydrogens is 400 g/mol. The molecule has 15 heavy (non-hydrogen) atoms. The van der Waals surface area contributed by atoms with E-state index >= 15 is 0 Å². The van der Waals surface area contributed by atoms with E-state index < -0.39 is 27.4 Å². The topological polar surface area (TPSA) is 12.9 Å². The van der Waals surface area contributed by atoms with E-state index in [-0.39, 0.29) is 4.60 Å². The molecule has 0 atom stereocenters. The quantitative estimate of drug-likeness (QED) is 0.386. The van der Waals surface area contributed by atoms with Crippen LogP contribution >= 0.6 is 38.5 Å². The highest BCUT2D eigenvalue weighted by Gasteiger charge is 2.39. The zero-order valence-corrected chi connectivity index (χ0v) is 10.5. The maximum Gasteiger partial charge on any atom is 0.419 e. The first-order valence-corrected chi connectivity index (χ1v) is 5.32. The first-order valence-electron chi connectivity index (χ1n) is 3.44. The smallest absolute Gasteiger partial charge is 0.234 e. The maximum absolute atomic E-state index is 12.4. The van der Waals surface area contributed by atoms with Crippen LogP contribution in [0.5, 0.6) is 0 Å². The first-order chi connectivity index (χ1) is 6.73. The molecule has 0 aliphatic carbocycles. The van der Waals surface area contributed by atoms with Gasteiger partial charge in [0, 0.05) is 5.56 Å². The minimum atomic E-state index is -4.82. The summed E-state index contributed by atoms with van der Waals surface area (Å²) in [6.45, 7) is 0. The summed E-state index contributed by atoms with van der Waals surface area (Å²) in [5.41, 5.74) is -2.44. The van der Waals surface area contributed by atoms with E-state index in [1.807, 2.05) is 0 Å². The average molecular weight is 402 g/mol. The predicted octanol–water partition coefficient (Wildman–Crippen LogP) is 4.41. The molecule has 1 aromatic heterocycles. The number of halogens is 7. The van der Waals surface area contributed by atoms with Crippen molar-refractivity contribution in [3.63, 3.8) is 0 Å². The fourth-order valence-corrected chi connectivity index (χ4v) is 2.59. The van der Waals surface area contributed by atoms with Gasteiger partial charge in [-0.15, -0.1) is 0 Å². The second kappa shape index (κ2) is 4.48. The van der Waals surface area contributed by atoms with E-state index in [2.05, 4.69) is 20.9 Å². The molecule has 1 aromatic rings. The molecule has 0 bridgehead atoms. The van der Waals surface area contributed by atoms with Crippen LogP contribution in [0.3, 0.4) is 0 Å². The maximum atomic E-state index is 12.4. The Bertz CT molecular complexity index is 378. The third-order valence-electron chi connectivity index (χ3n) is 1.49. The van der Waals surface area contributed by atoms with E-state index in [0.29, 0.717) is 6.07 Å². The molecule has 0 spiro atoms. The molecule has 0 aromatic carbocycles. The molecule has 0 fully saturated rings. The van der Waals surface area contributed by atoms with E-state index in [4.69, 9.17) is 0 Å². The van der Waals surface area contributed by atoms with Crippen LogP contribution < -0.4 is 0 Å². The normalized spacial score (nSPS) is 12.3. The van der Waals surface area contributed by atoms with Crippen LogP contribution in [0.2, 0.25) is 0 Å². The van der Waals surface area contributed by atoms with Crippen molar-refractivity contribution < 1.29 is 22.0 Å². The lowest BCUT2D eigenvalue weighted by atomic mass is 10.1. The van der Waals surface area contributed by atoms with Crippen LogP contribution in [0.1, 0.15) is 17.6 Å². The molecule has 0 radical (unpaired) electrons. The van der Waals surface area contributed by atoms with Crippen LogP contribution in [0.15, 0.2) is 10.7 Å². The second-order valence-corrected chi connectivity index (χ2v) is 4.33. The third kappa shape index (κ3) is 2.99. The SMILES string of the molecule is FC(F)c1cc(Br)nc(I)c1C(F)(F)F. The number of alkyl halides is 5. The van der Waals surface area contributed by atoms with E-state index in [0.717, 1.165) is 0 Å². The summed E-state index contributed by atoms with van der Waals surface area (Å²) in [5.74, 6) is 0. The number of hydrogen-bond donors (Lipinski definition) is 0. The third-order valence-corrected chi connectivity index (χ3v) is 2.68. The van der Waals surface area contributed by atoms with Crippen LogP contribution in [-0.4, -0.2) is 4.98 Å². The van der Waals surface area contributed by atoms with Gasteiger partial charge < -0.3 is 0 Å². The van der Waals surface area contributed by atoms with Gasteiger partial charge >= 0.3 is 6.18 Å². The van der Waals surface area contributed by atoms with Gasteiger partial charge in [-0.05, 0) is 44.6 Å². The van der Waals surface area contributed by atoms with Gasteiger partial charge in [0.05, 0.1) is 5.56 Å². The van der Waals surface area contributed by atoms with Crippen LogP contribution in [0.4, 0.5) is 22.0 Å². The summed E-state index contributed by atoms with van der Waals surface area (Å²) in [7, 11) is 0. The largest absolute Gasteiger partial charge is 0.419 e. The molecule has 0 saturated heterocycles. The summed E-state index contributed by atoms with van der Waals surface area (Å²) >= 11 is 4.04. The van der Waals surface area contributed by atoms with Gasteiger partial charge in [0.2, 0.25) is 0 Å². The van der Waals surface area contributed by atoms with Crippen LogP contribution in [0.25, 0.3) is 0 Å². The Hall–Kier alpha value is 0.01000. The predicted molar refractivity (Wildman–Crippen MR) is 54.6 cm³/mol. The highest BCUT2D eigenvalue weighted by atomic mass is 127. The lowest BCUT2D eigenvalue weighted by Gasteiger charge is -2.13. The molecule has 1 heterocycles. The molecule has 0 aliphatic rings. The molecule has 1 rings (SSSR count). The van der Waals surface area contributed by atoms with Crippen molar-refractivity contribution >= 4 is 38.5 Å². The van der Waals surface area contributed by atoms with Gasteiger partial charge in [-0.25, -0.2) is 13.8 Å². The van der Waals surface area contributed by atoms with Crippen LogP contribution in [-0.2, 0) is 6.18 Å². The molecule has 0 amide bonds. The van der Waals surface area contributed by atoms with E-state index in [9.17, 15) is 22.0 Å². The molecule has 84 valence electrons. The number of hydrogen-bond acceptors (Lipinski definition) is 1. The fourth-order valence-electron chi connectivity index (χ4n) is 0.954. The Morgan fingerprint density at radius 1 is 1.33 bits per heavy atom. The Morgan fingerprint density at radius 2 is 1.87 bits per heavy atom. The fraction of sp³-hybridized carbons (Fsp3) is 0.286. The molecule has 0 saturated carbocycles. The van der Waals surface area contributed by atoms with Gasteiger partial charge in [-0.2, -0.15) is 13.2 Å². The zero-order chi connectivity index (χ0) is 11.8. The number of pyridine rings is 1.